The van der Waals surface area contributed by atoms with Gasteiger partial charge in [-0.3, -0.25) is 0 Å². The second kappa shape index (κ2) is 8.68. The lowest BCUT2D eigenvalue weighted by atomic mass is 9.90. The van der Waals surface area contributed by atoms with Crippen molar-refractivity contribution in [2.24, 2.45) is 0 Å². The molecule has 0 saturated heterocycles. The van der Waals surface area contributed by atoms with E-state index in [-0.39, 0.29) is 0 Å². The Morgan fingerprint density at radius 1 is 0.600 bits per heavy atom. The molecule has 130 valence electrons. The first-order chi connectivity index (χ1) is 11.8. The average molecular weight is 462 g/mol. The van der Waals surface area contributed by atoms with Crippen molar-refractivity contribution < 1.29 is 5.11 Å². The summed E-state index contributed by atoms with van der Waals surface area (Å²) in [5.74, 6) is 0.322. The van der Waals surface area contributed by atoms with E-state index in [1.165, 1.54) is 42.3 Å². The molecule has 0 aliphatic rings. The van der Waals surface area contributed by atoms with Gasteiger partial charge >= 0.3 is 0 Å². The summed E-state index contributed by atoms with van der Waals surface area (Å²) < 4.78 is 2.34. The van der Waals surface area contributed by atoms with Crippen LogP contribution in [0.5, 0.6) is 5.75 Å². The van der Waals surface area contributed by atoms with Crippen molar-refractivity contribution in [1.82, 2.24) is 0 Å². The first kappa shape index (κ1) is 19.7. The average Bonchev–Trinajstić information content (AvgIpc) is 2.59. The Morgan fingerprint density at radius 2 is 1.00 bits per heavy atom. The number of rotatable bonds is 1. The molecule has 3 aromatic carbocycles. The number of hydrogen-bond donors (Lipinski definition) is 1. The van der Waals surface area contributed by atoms with Gasteiger partial charge in [0.1, 0.15) is 5.75 Å². The summed E-state index contributed by atoms with van der Waals surface area (Å²) in [6.45, 7) is 8.70. The first-order valence-electron chi connectivity index (χ1n) is 8.08. The van der Waals surface area contributed by atoms with E-state index >= 15 is 0 Å². The van der Waals surface area contributed by atoms with Crippen LogP contribution in [0.25, 0.3) is 11.1 Å². The van der Waals surface area contributed by atoms with Crippen LogP contribution < -0.4 is 0 Å². The first-order valence-corrected chi connectivity index (χ1v) is 9.67. The van der Waals surface area contributed by atoms with Crippen molar-refractivity contribution in [3.8, 4) is 16.9 Å². The lowest BCUT2D eigenvalue weighted by Crippen LogP contribution is -1.95. The van der Waals surface area contributed by atoms with E-state index in [2.05, 4.69) is 83.8 Å². The molecule has 1 nitrogen and oxygen atoms in total. The number of hydrogen-bond acceptors (Lipinski definition) is 1. The number of aryl methyl sites for hydroxylation is 2. The van der Waals surface area contributed by atoms with E-state index in [1.54, 1.807) is 24.3 Å². The highest BCUT2D eigenvalue weighted by Crippen LogP contribution is 2.38. The molecule has 0 radical (unpaired) electrons. The van der Waals surface area contributed by atoms with Gasteiger partial charge in [0.25, 0.3) is 0 Å². The van der Waals surface area contributed by atoms with E-state index in [0.29, 0.717) is 5.75 Å². The number of aromatic hydroxyl groups is 1. The SMILES string of the molecule is Cc1ccc(Br)c(C)c1-c1c(C)ccc(Br)c1C.Oc1ccccc1. The zero-order chi connectivity index (χ0) is 18.6. The summed E-state index contributed by atoms with van der Waals surface area (Å²) in [4.78, 5) is 0. The maximum Gasteiger partial charge on any atom is 0.115 e. The van der Waals surface area contributed by atoms with Gasteiger partial charge in [0.2, 0.25) is 0 Å². The molecular formula is C22H22Br2O. The molecule has 0 saturated carbocycles. The molecule has 0 heterocycles. The second-order valence-electron chi connectivity index (χ2n) is 6.06. The quantitative estimate of drug-likeness (QED) is 0.397. The fourth-order valence-corrected chi connectivity index (χ4v) is 3.50. The van der Waals surface area contributed by atoms with Crippen molar-refractivity contribution in [1.29, 1.82) is 0 Å². The van der Waals surface area contributed by atoms with Crippen LogP contribution in [0.4, 0.5) is 0 Å². The third kappa shape index (κ3) is 4.74. The monoisotopic (exact) mass is 460 g/mol. The Morgan fingerprint density at radius 3 is 1.32 bits per heavy atom. The van der Waals surface area contributed by atoms with Crippen LogP contribution >= 0.6 is 31.9 Å². The third-order valence-corrected chi connectivity index (χ3v) is 5.94. The highest BCUT2D eigenvalue weighted by atomic mass is 79.9. The summed E-state index contributed by atoms with van der Waals surface area (Å²) in [6.07, 6.45) is 0. The fraction of sp³-hybridized carbons (Fsp3) is 0.182. The molecule has 0 aromatic heterocycles. The van der Waals surface area contributed by atoms with Crippen molar-refractivity contribution in [3.05, 3.63) is 85.8 Å². The van der Waals surface area contributed by atoms with Crippen LogP contribution in [-0.2, 0) is 0 Å². The Labute approximate surface area is 167 Å². The minimum Gasteiger partial charge on any atom is -0.508 e. The molecule has 0 aliphatic carbocycles. The molecule has 3 rings (SSSR count). The topological polar surface area (TPSA) is 20.2 Å². The molecule has 1 N–H and O–H groups in total. The van der Waals surface area contributed by atoms with Gasteiger partial charge in [-0.15, -0.1) is 0 Å². The summed E-state index contributed by atoms with van der Waals surface area (Å²) in [6, 6.07) is 17.3. The van der Waals surface area contributed by atoms with Crippen molar-refractivity contribution in [3.63, 3.8) is 0 Å². The molecule has 0 spiro atoms. The van der Waals surface area contributed by atoms with Gasteiger partial charge in [0.15, 0.2) is 0 Å². The van der Waals surface area contributed by atoms with Crippen LogP contribution in [-0.4, -0.2) is 5.11 Å². The van der Waals surface area contributed by atoms with Gasteiger partial charge in [-0.2, -0.15) is 0 Å². The second-order valence-corrected chi connectivity index (χ2v) is 7.77. The van der Waals surface area contributed by atoms with Crippen LogP contribution in [0.15, 0.2) is 63.5 Å². The lowest BCUT2D eigenvalue weighted by molar-refractivity contribution is 0.475. The molecule has 25 heavy (non-hydrogen) atoms. The van der Waals surface area contributed by atoms with E-state index in [0.717, 1.165) is 0 Å². The number of phenols is 1. The van der Waals surface area contributed by atoms with Gasteiger partial charge in [0, 0.05) is 8.95 Å². The number of phenolic OH excluding ortho intramolecular Hbond substituents is 1. The molecule has 0 aliphatic heterocycles. The van der Waals surface area contributed by atoms with Gasteiger partial charge < -0.3 is 5.11 Å². The minimum absolute atomic E-state index is 0.322. The van der Waals surface area contributed by atoms with Crippen LogP contribution in [0, 0.1) is 27.7 Å². The molecule has 0 fully saturated rings. The van der Waals surface area contributed by atoms with Gasteiger partial charge in [-0.05, 0) is 85.3 Å². The predicted octanol–water partition coefficient (Wildman–Crippen LogP) is 7.50. The van der Waals surface area contributed by atoms with Gasteiger partial charge in [-0.1, -0.05) is 62.2 Å². The van der Waals surface area contributed by atoms with Crippen LogP contribution in [0.1, 0.15) is 22.3 Å². The maximum atomic E-state index is 8.63. The molecule has 0 bridgehead atoms. The Balaban J connectivity index is 0.000000269. The number of benzene rings is 3. The van der Waals surface area contributed by atoms with Gasteiger partial charge in [-0.25, -0.2) is 0 Å². The Kier molecular flexibility index (Phi) is 6.86. The Hall–Kier alpha value is -1.58. The highest BCUT2D eigenvalue weighted by molar-refractivity contribution is 9.10. The smallest absolute Gasteiger partial charge is 0.115 e. The standard InChI is InChI=1S/C16H16Br2.C6H6O/c1-9-5-7-13(17)11(3)15(9)16-10(2)6-8-14(18)12(16)4;7-6-4-2-1-3-5-6/h5-8H,1-4H3;1-5,7H. The molecule has 0 amide bonds. The Bertz CT molecular complexity index is 815. The van der Waals surface area contributed by atoms with Crippen molar-refractivity contribution >= 4 is 31.9 Å². The fourth-order valence-electron chi connectivity index (χ4n) is 2.84. The van der Waals surface area contributed by atoms with Crippen molar-refractivity contribution in [2.45, 2.75) is 27.7 Å². The number of halogens is 2. The van der Waals surface area contributed by atoms with E-state index < -0.39 is 0 Å². The largest absolute Gasteiger partial charge is 0.508 e. The van der Waals surface area contributed by atoms with E-state index in [4.69, 9.17) is 5.11 Å². The normalized spacial score (nSPS) is 10.2. The minimum atomic E-state index is 0.322. The summed E-state index contributed by atoms with van der Waals surface area (Å²) in [7, 11) is 0. The molecule has 0 atom stereocenters. The zero-order valence-electron chi connectivity index (χ0n) is 14.9. The third-order valence-electron chi connectivity index (χ3n) is 4.22. The van der Waals surface area contributed by atoms with Crippen LogP contribution in [0.2, 0.25) is 0 Å². The predicted molar refractivity (Wildman–Crippen MR) is 114 cm³/mol. The molecule has 3 aromatic rings. The molecular weight excluding hydrogens is 440 g/mol. The summed E-state index contributed by atoms with van der Waals surface area (Å²) >= 11 is 7.27. The van der Waals surface area contributed by atoms with Crippen molar-refractivity contribution in [2.75, 3.05) is 0 Å². The van der Waals surface area contributed by atoms with Crippen LogP contribution in [0.3, 0.4) is 0 Å². The summed E-state index contributed by atoms with van der Waals surface area (Å²) in [5, 5.41) is 8.63. The molecule has 0 unspecified atom stereocenters. The van der Waals surface area contributed by atoms with E-state index in [9.17, 15) is 0 Å². The zero-order valence-corrected chi connectivity index (χ0v) is 18.1. The summed E-state index contributed by atoms with van der Waals surface area (Å²) in [5.41, 5.74) is 7.94. The highest BCUT2D eigenvalue weighted by Gasteiger charge is 2.14. The molecule has 3 heteroatoms. The lowest BCUT2D eigenvalue weighted by Gasteiger charge is -2.17. The maximum absolute atomic E-state index is 8.63. The number of para-hydroxylation sites is 1. The van der Waals surface area contributed by atoms with E-state index in [1.807, 2.05) is 6.07 Å². The van der Waals surface area contributed by atoms with Gasteiger partial charge in [0.05, 0.1) is 0 Å².